The molecule has 1 aliphatic heterocycles. The maximum atomic E-state index is 6.37. The van der Waals surface area contributed by atoms with E-state index in [9.17, 15) is 0 Å². The van der Waals surface area contributed by atoms with Gasteiger partial charge in [0.05, 0.1) is 18.3 Å². The molecule has 2 aromatic rings. The van der Waals surface area contributed by atoms with E-state index in [0.717, 1.165) is 35.0 Å². The van der Waals surface area contributed by atoms with Gasteiger partial charge in [-0.15, -0.1) is 11.3 Å². The summed E-state index contributed by atoms with van der Waals surface area (Å²) in [6.45, 7) is 7.29. The Kier molecular flexibility index (Phi) is 3.30. The first-order valence-corrected chi connectivity index (χ1v) is 7.80. The second-order valence-corrected chi connectivity index (χ2v) is 7.15. The van der Waals surface area contributed by atoms with Crippen molar-refractivity contribution in [3.8, 4) is 5.75 Å². The molecule has 0 fully saturated rings. The topological polar surface area (TPSA) is 48.1 Å². The van der Waals surface area contributed by atoms with Gasteiger partial charge in [-0.05, 0) is 23.3 Å². The summed E-state index contributed by atoms with van der Waals surface area (Å²) in [4.78, 5) is 4.71. The molecule has 0 amide bonds. The molecule has 2 heterocycles. The molecule has 0 radical (unpaired) electrons. The summed E-state index contributed by atoms with van der Waals surface area (Å²) < 4.78 is 5.53. The fourth-order valence-electron chi connectivity index (χ4n) is 2.32. The van der Waals surface area contributed by atoms with E-state index in [0.29, 0.717) is 0 Å². The van der Waals surface area contributed by atoms with Crippen molar-refractivity contribution >= 4 is 11.3 Å². The Labute approximate surface area is 123 Å². The van der Waals surface area contributed by atoms with Crippen LogP contribution in [0, 0.1) is 0 Å². The molecule has 3 rings (SSSR count). The molecule has 2 N–H and O–H groups in total. The molecule has 1 aromatic carbocycles. The molecular formula is C16H20N2OS. The molecule has 1 unspecified atom stereocenters. The maximum absolute atomic E-state index is 6.37. The van der Waals surface area contributed by atoms with Crippen LogP contribution >= 0.6 is 11.3 Å². The average molecular weight is 288 g/mol. The van der Waals surface area contributed by atoms with E-state index in [2.05, 4.69) is 32.2 Å². The van der Waals surface area contributed by atoms with E-state index < -0.39 is 0 Å². The van der Waals surface area contributed by atoms with Crippen molar-refractivity contribution in [2.24, 2.45) is 5.73 Å². The zero-order valence-electron chi connectivity index (χ0n) is 12.1. The van der Waals surface area contributed by atoms with Gasteiger partial charge in [0.15, 0.2) is 0 Å². The number of aromatic nitrogens is 1. The second-order valence-electron chi connectivity index (χ2n) is 6.26. The van der Waals surface area contributed by atoms with Gasteiger partial charge in [0.25, 0.3) is 0 Å². The molecule has 0 spiro atoms. The molecular weight excluding hydrogens is 268 g/mol. The van der Waals surface area contributed by atoms with Gasteiger partial charge in [-0.2, -0.15) is 0 Å². The summed E-state index contributed by atoms with van der Waals surface area (Å²) in [5.41, 5.74) is 9.92. The number of hydrogen-bond acceptors (Lipinski definition) is 4. The monoisotopic (exact) mass is 288 g/mol. The van der Waals surface area contributed by atoms with Crippen LogP contribution in [0.4, 0.5) is 0 Å². The Bertz CT molecular complexity index is 628. The predicted octanol–water partition coefficient (Wildman–Crippen LogP) is 3.42. The first-order valence-electron chi connectivity index (χ1n) is 6.92. The van der Waals surface area contributed by atoms with Gasteiger partial charge in [-0.3, -0.25) is 0 Å². The van der Waals surface area contributed by atoms with E-state index in [1.165, 1.54) is 5.56 Å². The summed E-state index contributed by atoms with van der Waals surface area (Å²) in [5.74, 6) is 0.996. The van der Waals surface area contributed by atoms with E-state index >= 15 is 0 Å². The lowest BCUT2D eigenvalue weighted by molar-refractivity contribution is 0.357. The van der Waals surface area contributed by atoms with Crippen LogP contribution in [0.3, 0.4) is 0 Å². The van der Waals surface area contributed by atoms with Crippen LogP contribution in [0.15, 0.2) is 23.6 Å². The van der Waals surface area contributed by atoms with E-state index in [1.807, 2.05) is 12.1 Å². The Morgan fingerprint density at radius 1 is 1.35 bits per heavy atom. The molecule has 106 valence electrons. The van der Waals surface area contributed by atoms with Crippen molar-refractivity contribution < 1.29 is 4.74 Å². The van der Waals surface area contributed by atoms with Crippen molar-refractivity contribution in [2.45, 2.75) is 38.6 Å². The van der Waals surface area contributed by atoms with Gasteiger partial charge in [0.2, 0.25) is 0 Å². The Hall–Kier alpha value is -1.39. The first-order chi connectivity index (χ1) is 9.45. The summed E-state index contributed by atoms with van der Waals surface area (Å²) >= 11 is 1.65. The Balaban J connectivity index is 1.89. The number of ether oxygens (including phenoxy) is 1. The SMILES string of the molecule is CC(C)(C)c1csc(C(N)c2ccc3c(c2)CCO3)n1. The van der Waals surface area contributed by atoms with E-state index in [1.54, 1.807) is 11.3 Å². The van der Waals surface area contributed by atoms with Crippen molar-refractivity contribution in [2.75, 3.05) is 6.61 Å². The average Bonchev–Trinajstić information content (AvgIpc) is 3.05. The molecule has 1 aliphatic rings. The third-order valence-corrected chi connectivity index (χ3v) is 4.56. The highest BCUT2D eigenvalue weighted by Crippen LogP contribution is 2.32. The molecule has 0 saturated carbocycles. The van der Waals surface area contributed by atoms with Crippen molar-refractivity contribution in [3.63, 3.8) is 0 Å². The lowest BCUT2D eigenvalue weighted by Crippen LogP contribution is -2.15. The normalized spacial score (nSPS) is 15.8. The summed E-state index contributed by atoms with van der Waals surface area (Å²) in [5, 5.41) is 3.10. The number of fused-ring (bicyclic) bond motifs is 1. The number of thiazole rings is 1. The molecule has 0 bridgehead atoms. The fraction of sp³-hybridized carbons (Fsp3) is 0.438. The summed E-state index contributed by atoms with van der Waals surface area (Å²) in [7, 11) is 0. The zero-order valence-corrected chi connectivity index (χ0v) is 13.0. The highest BCUT2D eigenvalue weighted by Gasteiger charge is 2.21. The minimum atomic E-state index is -0.151. The number of hydrogen-bond donors (Lipinski definition) is 1. The quantitative estimate of drug-likeness (QED) is 0.921. The lowest BCUT2D eigenvalue weighted by atomic mass is 9.93. The molecule has 3 nitrogen and oxygen atoms in total. The summed E-state index contributed by atoms with van der Waals surface area (Å²) in [6.07, 6.45) is 0.973. The number of nitrogens with zero attached hydrogens (tertiary/aromatic N) is 1. The van der Waals surface area contributed by atoms with Crippen LogP contribution in [0.5, 0.6) is 5.75 Å². The molecule has 1 aromatic heterocycles. The smallest absolute Gasteiger partial charge is 0.122 e. The Morgan fingerprint density at radius 3 is 2.85 bits per heavy atom. The van der Waals surface area contributed by atoms with E-state index in [-0.39, 0.29) is 11.5 Å². The predicted molar refractivity (Wildman–Crippen MR) is 82.5 cm³/mol. The van der Waals surface area contributed by atoms with Gasteiger partial charge in [0.1, 0.15) is 10.8 Å². The standard InChI is InChI=1S/C16H20N2OS/c1-16(2,3)13-9-20-15(18-13)14(17)11-4-5-12-10(8-11)6-7-19-12/h4-5,8-9,14H,6-7,17H2,1-3H3. The molecule has 0 aliphatic carbocycles. The van der Waals surface area contributed by atoms with Crippen LogP contribution in [0.25, 0.3) is 0 Å². The van der Waals surface area contributed by atoms with Crippen LogP contribution in [0.2, 0.25) is 0 Å². The highest BCUT2D eigenvalue weighted by molar-refractivity contribution is 7.09. The molecule has 0 saturated heterocycles. The zero-order chi connectivity index (χ0) is 14.3. The van der Waals surface area contributed by atoms with Crippen LogP contribution in [-0.2, 0) is 11.8 Å². The fourth-order valence-corrected chi connectivity index (χ4v) is 3.39. The number of benzene rings is 1. The third-order valence-electron chi connectivity index (χ3n) is 3.63. The van der Waals surface area contributed by atoms with E-state index in [4.69, 9.17) is 15.5 Å². The molecule has 1 atom stereocenters. The van der Waals surface area contributed by atoms with Crippen molar-refractivity contribution in [3.05, 3.63) is 45.4 Å². The summed E-state index contributed by atoms with van der Waals surface area (Å²) in [6, 6.07) is 6.08. The minimum Gasteiger partial charge on any atom is -0.493 e. The van der Waals surface area contributed by atoms with Crippen LogP contribution in [0.1, 0.15) is 48.6 Å². The molecule has 4 heteroatoms. The van der Waals surface area contributed by atoms with Crippen LogP contribution in [-0.4, -0.2) is 11.6 Å². The minimum absolute atomic E-state index is 0.0697. The molecule has 20 heavy (non-hydrogen) atoms. The van der Waals surface area contributed by atoms with Gasteiger partial charge >= 0.3 is 0 Å². The van der Waals surface area contributed by atoms with Crippen molar-refractivity contribution in [1.29, 1.82) is 0 Å². The maximum Gasteiger partial charge on any atom is 0.122 e. The van der Waals surface area contributed by atoms with Gasteiger partial charge < -0.3 is 10.5 Å². The first kappa shape index (κ1) is 13.6. The van der Waals surface area contributed by atoms with Gasteiger partial charge in [-0.1, -0.05) is 26.8 Å². The Morgan fingerprint density at radius 2 is 2.15 bits per heavy atom. The third kappa shape index (κ3) is 2.45. The van der Waals surface area contributed by atoms with Gasteiger partial charge in [-0.25, -0.2) is 4.98 Å². The largest absolute Gasteiger partial charge is 0.493 e. The van der Waals surface area contributed by atoms with Crippen LogP contribution < -0.4 is 10.5 Å². The second kappa shape index (κ2) is 4.86. The van der Waals surface area contributed by atoms with Gasteiger partial charge in [0, 0.05) is 17.2 Å². The lowest BCUT2D eigenvalue weighted by Gasteiger charge is -2.15. The highest BCUT2D eigenvalue weighted by atomic mass is 32.1. The number of nitrogens with two attached hydrogens (primary N) is 1. The number of rotatable bonds is 2. The van der Waals surface area contributed by atoms with Crippen molar-refractivity contribution in [1.82, 2.24) is 4.98 Å².